The molecule has 7 nitrogen and oxygen atoms in total. The van der Waals surface area contributed by atoms with E-state index in [2.05, 4.69) is 17.3 Å². The van der Waals surface area contributed by atoms with E-state index in [0.29, 0.717) is 18.1 Å². The van der Waals surface area contributed by atoms with Crippen molar-refractivity contribution in [1.29, 1.82) is 0 Å². The third-order valence-corrected chi connectivity index (χ3v) is 5.39. The highest BCUT2D eigenvalue weighted by Gasteiger charge is 2.30. The van der Waals surface area contributed by atoms with Gasteiger partial charge in [-0.15, -0.1) is 0 Å². The van der Waals surface area contributed by atoms with Gasteiger partial charge in [-0.1, -0.05) is 0 Å². The summed E-state index contributed by atoms with van der Waals surface area (Å²) in [6.07, 6.45) is 6.89. The first-order chi connectivity index (χ1) is 13.2. The largest absolute Gasteiger partial charge is 0.462 e. The lowest BCUT2D eigenvalue weighted by molar-refractivity contribution is 0.0525. The Morgan fingerprint density at radius 2 is 2.07 bits per heavy atom. The molecule has 4 rings (SSSR count). The van der Waals surface area contributed by atoms with E-state index in [0.717, 1.165) is 61.4 Å². The summed E-state index contributed by atoms with van der Waals surface area (Å²) in [4.78, 5) is 17.8. The number of pyridine rings is 1. The molecule has 2 aromatic heterocycles. The molecule has 0 unspecified atom stereocenters. The smallest absolute Gasteiger partial charge is 0.342 e. The lowest BCUT2D eigenvalue weighted by Gasteiger charge is -2.26. The van der Waals surface area contributed by atoms with E-state index >= 15 is 0 Å². The van der Waals surface area contributed by atoms with Crippen LogP contribution in [0.15, 0.2) is 6.20 Å². The molecular formula is C20H28N4O3. The highest BCUT2D eigenvalue weighted by atomic mass is 16.5. The van der Waals surface area contributed by atoms with Gasteiger partial charge in [-0.2, -0.15) is 5.10 Å². The molecule has 7 heteroatoms. The second-order valence-electron chi connectivity index (χ2n) is 7.41. The molecule has 0 atom stereocenters. The van der Waals surface area contributed by atoms with Crippen molar-refractivity contribution in [3.8, 4) is 0 Å². The predicted molar refractivity (Wildman–Crippen MR) is 103 cm³/mol. The summed E-state index contributed by atoms with van der Waals surface area (Å²) in [5, 5.41) is 9.01. The molecule has 0 bridgehead atoms. The molecule has 0 spiro atoms. The topological polar surface area (TPSA) is 78.3 Å². The fourth-order valence-electron chi connectivity index (χ4n) is 3.73. The number of hydrogen-bond donors (Lipinski definition) is 1. The van der Waals surface area contributed by atoms with Crippen LogP contribution in [-0.2, 0) is 22.4 Å². The Hall–Kier alpha value is -2.15. The summed E-state index contributed by atoms with van der Waals surface area (Å²) in [5.74, 6) is 0.332. The summed E-state index contributed by atoms with van der Waals surface area (Å²) in [6, 6.07) is 0.274. The third kappa shape index (κ3) is 3.78. The number of anilines is 1. The zero-order chi connectivity index (χ0) is 18.8. The standard InChI is InChI=1S/C20H28N4O3/c1-3-24-19-15(12-21-24)18(22-14-7-9-26-10-8-14)17(20(25)27-4-2)16(23-19)11-13-5-6-13/h12-14H,3-11H2,1-2H3,(H,22,23). The van der Waals surface area contributed by atoms with Crippen molar-refractivity contribution in [1.82, 2.24) is 14.8 Å². The van der Waals surface area contributed by atoms with Crippen molar-refractivity contribution < 1.29 is 14.3 Å². The number of fused-ring (bicyclic) bond motifs is 1. The zero-order valence-corrected chi connectivity index (χ0v) is 16.2. The monoisotopic (exact) mass is 372 g/mol. The third-order valence-electron chi connectivity index (χ3n) is 5.39. The molecule has 146 valence electrons. The molecule has 0 radical (unpaired) electrons. The molecule has 27 heavy (non-hydrogen) atoms. The van der Waals surface area contributed by atoms with E-state index in [1.54, 1.807) is 0 Å². The van der Waals surface area contributed by atoms with Gasteiger partial charge in [-0.3, -0.25) is 0 Å². The van der Waals surface area contributed by atoms with Crippen molar-refractivity contribution in [2.45, 2.75) is 58.5 Å². The number of rotatable bonds is 7. The average Bonchev–Trinajstić information content (AvgIpc) is 3.39. The highest BCUT2D eigenvalue weighted by molar-refractivity contribution is 6.05. The summed E-state index contributed by atoms with van der Waals surface area (Å²) in [7, 11) is 0. The number of ether oxygens (including phenoxy) is 2. The fourth-order valence-corrected chi connectivity index (χ4v) is 3.73. The second kappa shape index (κ2) is 7.84. The maximum atomic E-state index is 12.9. The van der Waals surface area contributed by atoms with Crippen molar-refractivity contribution in [2.75, 3.05) is 25.1 Å². The molecule has 2 aromatic rings. The number of carbonyl (C=O) groups is 1. The molecule has 1 aliphatic carbocycles. The molecule has 2 aliphatic rings. The van der Waals surface area contributed by atoms with E-state index in [9.17, 15) is 4.79 Å². The summed E-state index contributed by atoms with van der Waals surface area (Å²) in [5.41, 5.74) is 3.11. The SMILES string of the molecule is CCOC(=O)c1c(CC2CC2)nc2c(cnn2CC)c1NC1CCOCC1. The minimum atomic E-state index is -0.290. The quantitative estimate of drug-likeness (QED) is 0.752. The molecule has 0 aromatic carbocycles. The number of esters is 1. The van der Waals surface area contributed by atoms with Crippen LogP contribution in [0.4, 0.5) is 5.69 Å². The van der Waals surface area contributed by atoms with Gasteiger partial charge in [-0.05, 0) is 51.9 Å². The lowest BCUT2D eigenvalue weighted by atomic mass is 10.0. The predicted octanol–water partition coefficient (Wildman–Crippen LogP) is 3.17. The van der Waals surface area contributed by atoms with E-state index in [1.807, 2.05) is 17.8 Å². The number of aryl methyl sites for hydroxylation is 1. The molecule has 0 amide bonds. The maximum absolute atomic E-state index is 12.9. The second-order valence-corrected chi connectivity index (χ2v) is 7.41. The van der Waals surface area contributed by atoms with Crippen molar-refractivity contribution in [3.63, 3.8) is 0 Å². The molecule has 2 fully saturated rings. The Bertz CT molecular complexity index is 822. The Kier molecular flexibility index (Phi) is 5.29. The van der Waals surface area contributed by atoms with Gasteiger partial charge >= 0.3 is 5.97 Å². The van der Waals surface area contributed by atoms with Crippen molar-refractivity contribution >= 4 is 22.7 Å². The Morgan fingerprint density at radius 3 is 2.74 bits per heavy atom. The minimum Gasteiger partial charge on any atom is -0.462 e. The Balaban J connectivity index is 1.84. The van der Waals surface area contributed by atoms with Crippen LogP contribution in [-0.4, -0.2) is 46.6 Å². The summed E-state index contributed by atoms with van der Waals surface area (Å²) >= 11 is 0. The maximum Gasteiger partial charge on any atom is 0.342 e. The first-order valence-corrected chi connectivity index (χ1v) is 10.1. The fraction of sp³-hybridized carbons (Fsp3) is 0.650. The van der Waals surface area contributed by atoms with Gasteiger partial charge < -0.3 is 14.8 Å². The molecule has 1 N–H and O–H groups in total. The van der Waals surface area contributed by atoms with Crippen LogP contribution < -0.4 is 5.32 Å². The Morgan fingerprint density at radius 1 is 1.30 bits per heavy atom. The van der Waals surface area contributed by atoms with Crippen LogP contribution in [0, 0.1) is 5.92 Å². The van der Waals surface area contributed by atoms with Crippen LogP contribution in [0.3, 0.4) is 0 Å². The van der Waals surface area contributed by atoms with Gasteiger partial charge in [0.2, 0.25) is 0 Å². The first-order valence-electron chi connectivity index (χ1n) is 10.1. The average molecular weight is 372 g/mol. The minimum absolute atomic E-state index is 0.274. The lowest BCUT2D eigenvalue weighted by Crippen LogP contribution is -2.29. The van der Waals surface area contributed by atoms with Crippen LogP contribution in [0.25, 0.3) is 11.0 Å². The number of carbonyl (C=O) groups excluding carboxylic acids is 1. The zero-order valence-electron chi connectivity index (χ0n) is 16.2. The van der Waals surface area contributed by atoms with Crippen LogP contribution in [0.1, 0.15) is 55.6 Å². The van der Waals surface area contributed by atoms with Gasteiger partial charge in [0.25, 0.3) is 0 Å². The van der Waals surface area contributed by atoms with E-state index < -0.39 is 0 Å². The number of nitrogens with zero attached hydrogens (tertiary/aromatic N) is 3. The Labute approximate surface area is 159 Å². The van der Waals surface area contributed by atoms with Gasteiger partial charge in [0.15, 0.2) is 5.65 Å². The van der Waals surface area contributed by atoms with E-state index in [-0.39, 0.29) is 12.0 Å². The van der Waals surface area contributed by atoms with Crippen LogP contribution in [0.2, 0.25) is 0 Å². The molecule has 3 heterocycles. The van der Waals surface area contributed by atoms with Crippen molar-refractivity contribution in [3.05, 3.63) is 17.5 Å². The molecule has 1 saturated heterocycles. The van der Waals surface area contributed by atoms with Crippen LogP contribution in [0.5, 0.6) is 0 Å². The van der Waals surface area contributed by atoms with Crippen molar-refractivity contribution in [2.24, 2.45) is 5.92 Å². The molecular weight excluding hydrogens is 344 g/mol. The van der Waals surface area contributed by atoms with Gasteiger partial charge in [0, 0.05) is 25.8 Å². The van der Waals surface area contributed by atoms with Crippen LogP contribution >= 0.6 is 0 Å². The molecule has 1 aliphatic heterocycles. The first kappa shape index (κ1) is 18.2. The molecule has 1 saturated carbocycles. The number of nitrogens with one attached hydrogen (secondary N) is 1. The van der Waals surface area contributed by atoms with Gasteiger partial charge in [-0.25, -0.2) is 14.5 Å². The van der Waals surface area contributed by atoms with Gasteiger partial charge in [0.1, 0.15) is 5.56 Å². The summed E-state index contributed by atoms with van der Waals surface area (Å²) in [6.45, 7) is 6.47. The normalized spacial score (nSPS) is 18.0. The highest BCUT2D eigenvalue weighted by Crippen LogP contribution is 2.37. The van der Waals surface area contributed by atoms with Gasteiger partial charge in [0.05, 0.1) is 29.6 Å². The summed E-state index contributed by atoms with van der Waals surface area (Å²) < 4.78 is 12.8. The number of aromatic nitrogens is 3. The van der Waals surface area contributed by atoms with E-state index in [4.69, 9.17) is 14.5 Å². The van der Waals surface area contributed by atoms with E-state index in [1.165, 1.54) is 12.8 Å². The number of hydrogen-bond acceptors (Lipinski definition) is 6.